The van der Waals surface area contributed by atoms with Crippen LogP contribution >= 0.6 is 0 Å². The van der Waals surface area contributed by atoms with Crippen LogP contribution in [0.15, 0.2) is 54.6 Å². The Morgan fingerprint density at radius 3 is 2.22 bits per heavy atom. The average Bonchev–Trinajstić information content (AvgIpc) is 2.82. The van der Waals surface area contributed by atoms with Gasteiger partial charge in [0.25, 0.3) is 0 Å². The van der Waals surface area contributed by atoms with Crippen LogP contribution in [0.5, 0.6) is 17.2 Å². The molecule has 2 N–H and O–H groups in total. The molecule has 0 atom stereocenters. The van der Waals surface area contributed by atoms with E-state index in [-0.39, 0.29) is 24.8 Å². The summed E-state index contributed by atoms with van der Waals surface area (Å²) in [6, 6.07) is 13.5. The third-order valence-electron chi connectivity index (χ3n) is 5.30. The number of halogens is 1. The van der Waals surface area contributed by atoms with Crippen LogP contribution in [0, 0.1) is 19.7 Å². The van der Waals surface area contributed by atoms with E-state index in [1.165, 1.54) is 42.2 Å². The van der Waals surface area contributed by atoms with Crippen LogP contribution in [0.1, 0.15) is 30.5 Å². The van der Waals surface area contributed by atoms with E-state index in [0.29, 0.717) is 39.6 Å². The molecule has 0 radical (unpaired) electrons. The minimum Gasteiger partial charge on any atom is -0.508 e. The fourth-order valence-corrected chi connectivity index (χ4v) is 3.61. The Morgan fingerprint density at radius 2 is 1.64 bits per heavy atom. The fourth-order valence-electron chi connectivity index (χ4n) is 3.61. The van der Waals surface area contributed by atoms with Gasteiger partial charge in [0, 0.05) is 23.9 Å². The van der Waals surface area contributed by atoms with Crippen molar-refractivity contribution in [1.29, 1.82) is 0 Å². The smallest absolute Gasteiger partial charge is 0.397 e. The first-order valence-electron chi connectivity index (χ1n) is 11.2. The first-order valence-corrected chi connectivity index (χ1v) is 11.2. The minimum atomic E-state index is -0.968. The Morgan fingerprint density at radius 1 is 1.00 bits per heavy atom. The zero-order valence-electron chi connectivity index (χ0n) is 20.4. The van der Waals surface area contributed by atoms with E-state index < -0.39 is 17.7 Å². The molecule has 2 amide bonds. The van der Waals surface area contributed by atoms with E-state index in [0.717, 1.165) is 0 Å². The van der Waals surface area contributed by atoms with Crippen molar-refractivity contribution in [3.63, 3.8) is 0 Å². The minimum absolute atomic E-state index is 0.0267. The maximum Gasteiger partial charge on any atom is 0.397 e. The van der Waals surface area contributed by atoms with Gasteiger partial charge in [-0.2, -0.15) is 0 Å². The lowest BCUT2D eigenvalue weighted by molar-refractivity contribution is -0.152. The van der Waals surface area contributed by atoms with Crippen LogP contribution < -0.4 is 15.0 Å². The highest BCUT2D eigenvalue weighted by Gasteiger charge is 2.18. The van der Waals surface area contributed by atoms with Crippen molar-refractivity contribution < 1.29 is 33.4 Å². The molecule has 0 saturated carbocycles. The van der Waals surface area contributed by atoms with Crippen molar-refractivity contribution >= 4 is 29.2 Å². The van der Waals surface area contributed by atoms with Crippen LogP contribution in [0.3, 0.4) is 0 Å². The van der Waals surface area contributed by atoms with E-state index in [4.69, 9.17) is 9.47 Å². The van der Waals surface area contributed by atoms with E-state index in [1.54, 1.807) is 45.0 Å². The van der Waals surface area contributed by atoms with E-state index in [2.05, 4.69) is 5.32 Å². The SMILES string of the molecule is CCOC(=O)C(=O)Nc1cc(C)c(Oc2ccc(O)c(CN(C(C)=O)c3ccc(F)cc3)c2)c(C)c1. The normalized spacial score (nSPS) is 10.5. The zero-order chi connectivity index (χ0) is 26.4. The largest absolute Gasteiger partial charge is 0.508 e. The number of aryl methyl sites for hydroxylation is 2. The second-order valence-corrected chi connectivity index (χ2v) is 8.09. The topological polar surface area (TPSA) is 105 Å². The summed E-state index contributed by atoms with van der Waals surface area (Å²) < 4.78 is 24.1. The van der Waals surface area contributed by atoms with Crippen molar-refractivity contribution in [1.82, 2.24) is 0 Å². The van der Waals surface area contributed by atoms with Gasteiger partial charge in [-0.1, -0.05) is 0 Å². The molecule has 0 spiro atoms. The maximum absolute atomic E-state index is 13.3. The van der Waals surface area contributed by atoms with Gasteiger partial charge in [0.1, 0.15) is 23.1 Å². The molecule has 0 bridgehead atoms. The van der Waals surface area contributed by atoms with Gasteiger partial charge in [-0.3, -0.25) is 9.59 Å². The van der Waals surface area contributed by atoms with E-state index >= 15 is 0 Å². The van der Waals surface area contributed by atoms with Gasteiger partial charge < -0.3 is 24.8 Å². The maximum atomic E-state index is 13.3. The molecule has 36 heavy (non-hydrogen) atoms. The van der Waals surface area contributed by atoms with Crippen LogP contribution in [-0.4, -0.2) is 29.5 Å². The number of nitrogens with zero attached hydrogens (tertiary/aromatic N) is 1. The standard InChI is InChI=1S/C27H27FN2O6/c1-5-35-27(34)26(33)29-21-12-16(2)25(17(3)13-21)36-23-10-11-24(32)19(14-23)15-30(18(4)31)22-8-6-20(28)7-9-22/h6-14,32H,5,15H2,1-4H3,(H,29,33). The summed E-state index contributed by atoms with van der Waals surface area (Å²) in [7, 11) is 0. The Labute approximate surface area is 208 Å². The first-order chi connectivity index (χ1) is 17.1. The summed E-state index contributed by atoms with van der Waals surface area (Å²) >= 11 is 0. The van der Waals surface area contributed by atoms with Crippen molar-refractivity contribution in [3.8, 4) is 17.2 Å². The number of phenols is 1. The third kappa shape index (κ3) is 6.38. The summed E-state index contributed by atoms with van der Waals surface area (Å²) in [5.74, 6) is -1.62. The van der Waals surface area contributed by atoms with Crippen molar-refractivity contribution in [2.75, 3.05) is 16.8 Å². The molecule has 0 aliphatic carbocycles. The number of esters is 1. The van der Waals surface area contributed by atoms with Gasteiger partial charge in [0.15, 0.2) is 0 Å². The van der Waals surface area contributed by atoms with Gasteiger partial charge in [0.05, 0.1) is 13.2 Å². The fraction of sp³-hybridized carbons (Fsp3) is 0.222. The highest BCUT2D eigenvalue weighted by Crippen LogP contribution is 2.34. The van der Waals surface area contributed by atoms with Gasteiger partial charge in [0.2, 0.25) is 5.91 Å². The molecule has 8 nitrogen and oxygen atoms in total. The Hall–Kier alpha value is -4.40. The van der Waals surface area contributed by atoms with Crippen LogP contribution in [-0.2, 0) is 25.7 Å². The van der Waals surface area contributed by atoms with Crippen LogP contribution in [0.2, 0.25) is 0 Å². The molecular weight excluding hydrogens is 467 g/mol. The predicted molar refractivity (Wildman–Crippen MR) is 133 cm³/mol. The molecule has 0 fully saturated rings. The van der Waals surface area contributed by atoms with Crippen molar-refractivity contribution in [2.45, 2.75) is 34.2 Å². The number of benzene rings is 3. The second kappa shape index (κ2) is 11.4. The van der Waals surface area contributed by atoms with E-state index in [1.807, 2.05) is 0 Å². The zero-order valence-corrected chi connectivity index (χ0v) is 20.4. The number of ether oxygens (including phenoxy) is 2. The quantitative estimate of drug-likeness (QED) is 0.354. The molecule has 3 rings (SSSR count). The lowest BCUT2D eigenvalue weighted by atomic mass is 10.1. The van der Waals surface area contributed by atoms with Gasteiger partial charge >= 0.3 is 11.9 Å². The number of nitrogens with one attached hydrogen (secondary N) is 1. The molecule has 3 aromatic carbocycles. The summed E-state index contributed by atoms with van der Waals surface area (Å²) in [5.41, 5.74) is 2.72. The van der Waals surface area contributed by atoms with E-state index in [9.17, 15) is 23.9 Å². The van der Waals surface area contributed by atoms with Gasteiger partial charge in [-0.15, -0.1) is 0 Å². The van der Waals surface area contributed by atoms with Crippen molar-refractivity contribution in [2.24, 2.45) is 0 Å². The first kappa shape index (κ1) is 26.2. The lowest BCUT2D eigenvalue weighted by Crippen LogP contribution is -2.27. The number of anilines is 2. The molecule has 0 aromatic heterocycles. The predicted octanol–water partition coefficient (Wildman–Crippen LogP) is 5.00. The summed E-state index contributed by atoms with van der Waals surface area (Å²) in [5, 5.41) is 12.9. The second-order valence-electron chi connectivity index (χ2n) is 8.09. The van der Waals surface area contributed by atoms with Gasteiger partial charge in [-0.25, -0.2) is 9.18 Å². The Balaban J connectivity index is 1.82. The number of rotatable bonds is 7. The van der Waals surface area contributed by atoms with Gasteiger partial charge in [-0.05, 0) is 86.5 Å². The number of carbonyl (C=O) groups is 3. The molecule has 0 saturated heterocycles. The highest BCUT2D eigenvalue weighted by molar-refractivity contribution is 6.37. The summed E-state index contributed by atoms with van der Waals surface area (Å²) in [6.45, 7) is 6.71. The summed E-state index contributed by atoms with van der Waals surface area (Å²) in [4.78, 5) is 37.2. The number of carbonyl (C=O) groups excluding carboxylic acids is 3. The lowest BCUT2D eigenvalue weighted by Gasteiger charge is -2.22. The Bertz CT molecular complexity index is 1270. The average molecular weight is 495 g/mol. The number of phenolic OH excluding ortho intramolecular Hbond substituents is 1. The molecule has 0 unspecified atom stereocenters. The molecule has 9 heteroatoms. The molecule has 0 heterocycles. The molecular formula is C27H27FN2O6. The molecule has 0 aliphatic heterocycles. The molecule has 188 valence electrons. The monoisotopic (exact) mass is 494 g/mol. The van der Waals surface area contributed by atoms with Crippen LogP contribution in [0.25, 0.3) is 0 Å². The number of aromatic hydroxyl groups is 1. The summed E-state index contributed by atoms with van der Waals surface area (Å²) in [6.07, 6.45) is 0. The number of hydrogen-bond acceptors (Lipinski definition) is 6. The number of amides is 2. The number of hydrogen-bond donors (Lipinski definition) is 2. The Kier molecular flexibility index (Phi) is 8.26. The third-order valence-corrected chi connectivity index (χ3v) is 5.30. The molecule has 0 aliphatic rings. The van der Waals surface area contributed by atoms with Crippen LogP contribution in [0.4, 0.5) is 15.8 Å². The highest BCUT2D eigenvalue weighted by atomic mass is 19.1. The van der Waals surface area contributed by atoms with Crippen molar-refractivity contribution in [3.05, 3.63) is 77.1 Å². The molecule has 3 aromatic rings.